The molecule has 0 spiro atoms. The molecule has 1 saturated heterocycles. The van der Waals surface area contributed by atoms with Crippen LogP contribution in [0.3, 0.4) is 0 Å². The van der Waals surface area contributed by atoms with Gasteiger partial charge in [-0.05, 0) is 19.2 Å². The molecule has 4 aromatic heterocycles. The molecule has 0 amide bonds. The molecule has 140 valence electrons. The van der Waals surface area contributed by atoms with Crippen LogP contribution >= 0.6 is 0 Å². The first-order valence-electron chi connectivity index (χ1n) is 9.01. The third-order valence-electron chi connectivity index (χ3n) is 5.06. The molecular formula is C17H21N9O. The van der Waals surface area contributed by atoms with Crippen molar-refractivity contribution in [1.29, 1.82) is 0 Å². The summed E-state index contributed by atoms with van der Waals surface area (Å²) >= 11 is 0. The van der Waals surface area contributed by atoms with Gasteiger partial charge in [-0.3, -0.25) is 4.90 Å². The van der Waals surface area contributed by atoms with Gasteiger partial charge in [-0.1, -0.05) is 0 Å². The second-order valence-corrected chi connectivity index (χ2v) is 6.87. The van der Waals surface area contributed by atoms with E-state index in [1.54, 1.807) is 18.5 Å². The lowest BCUT2D eigenvalue weighted by Gasteiger charge is -2.32. The van der Waals surface area contributed by atoms with Crippen LogP contribution in [0.2, 0.25) is 0 Å². The Bertz CT molecular complexity index is 1070. The maximum atomic E-state index is 6.13. The molecule has 1 fully saturated rings. The number of likely N-dealkylation sites (N-methyl/N-ethyl adjacent to an activating group) is 1. The molecule has 5 heterocycles. The van der Waals surface area contributed by atoms with Gasteiger partial charge in [-0.2, -0.15) is 14.6 Å². The fourth-order valence-electron chi connectivity index (χ4n) is 3.44. The summed E-state index contributed by atoms with van der Waals surface area (Å²) in [4.78, 5) is 13.9. The van der Waals surface area contributed by atoms with Gasteiger partial charge >= 0.3 is 0 Å². The van der Waals surface area contributed by atoms with Crippen molar-refractivity contribution in [2.45, 2.75) is 6.54 Å². The lowest BCUT2D eigenvalue weighted by molar-refractivity contribution is 0.149. The number of rotatable bonds is 4. The predicted molar refractivity (Wildman–Crippen MR) is 100 cm³/mol. The molecular weight excluding hydrogens is 346 g/mol. The quantitative estimate of drug-likeness (QED) is 0.558. The van der Waals surface area contributed by atoms with Gasteiger partial charge in [-0.25, -0.2) is 9.67 Å². The summed E-state index contributed by atoms with van der Waals surface area (Å²) in [5.41, 5.74) is 7.50. The maximum absolute atomic E-state index is 6.13. The molecule has 5 rings (SSSR count). The number of nitrogens with zero attached hydrogens (tertiary/aromatic N) is 8. The van der Waals surface area contributed by atoms with Gasteiger partial charge in [0, 0.05) is 32.7 Å². The Morgan fingerprint density at radius 1 is 1.11 bits per heavy atom. The highest BCUT2D eigenvalue weighted by molar-refractivity contribution is 5.90. The first-order valence-corrected chi connectivity index (χ1v) is 9.01. The van der Waals surface area contributed by atoms with Crippen LogP contribution in [0.15, 0.2) is 29.0 Å². The van der Waals surface area contributed by atoms with Crippen molar-refractivity contribution in [3.8, 4) is 11.6 Å². The Kier molecular flexibility index (Phi) is 3.80. The van der Waals surface area contributed by atoms with Gasteiger partial charge in [-0.15, -0.1) is 5.10 Å². The number of aromatic nitrogens is 6. The monoisotopic (exact) mass is 367 g/mol. The third-order valence-corrected chi connectivity index (χ3v) is 5.06. The summed E-state index contributed by atoms with van der Waals surface area (Å²) in [5.74, 6) is 1.35. The summed E-state index contributed by atoms with van der Waals surface area (Å²) in [5, 5.41) is 9.76. The van der Waals surface area contributed by atoms with Gasteiger partial charge in [0.15, 0.2) is 17.1 Å². The fourth-order valence-corrected chi connectivity index (χ4v) is 3.44. The van der Waals surface area contributed by atoms with E-state index in [9.17, 15) is 0 Å². The van der Waals surface area contributed by atoms with Gasteiger partial charge in [0.2, 0.25) is 11.8 Å². The van der Waals surface area contributed by atoms with E-state index in [2.05, 4.69) is 37.0 Å². The molecule has 2 N–H and O–H groups in total. The molecule has 0 saturated carbocycles. The van der Waals surface area contributed by atoms with Crippen LogP contribution in [0.1, 0.15) is 0 Å². The topological polar surface area (TPSA) is 107 Å². The minimum absolute atomic E-state index is 0.282. The molecule has 0 aliphatic carbocycles. The van der Waals surface area contributed by atoms with Crippen molar-refractivity contribution in [3.63, 3.8) is 0 Å². The van der Waals surface area contributed by atoms with E-state index >= 15 is 0 Å². The molecule has 0 aromatic carbocycles. The third kappa shape index (κ3) is 2.82. The van der Waals surface area contributed by atoms with E-state index in [-0.39, 0.29) is 5.95 Å². The number of nitrogen functional groups attached to an aromatic ring is 1. The van der Waals surface area contributed by atoms with Crippen LogP contribution in [-0.2, 0) is 6.54 Å². The molecule has 0 radical (unpaired) electrons. The largest absolute Gasteiger partial charge is 0.461 e. The van der Waals surface area contributed by atoms with Gasteiger partial charge in [0.05, 0.1) is 24.4 Å². The highest BCUT2D eigenvalue weighted by Crippen LogP contribution is 2.23. The lowest BCUT2D eigenvalue weighted by atomic mass is 10.3. The number of furan rings is 1. The Balaban J connectivity index is 1.47. The van der Waals surface area contributed by atoms with Crippen molar-refractivity contribution in [2.24, 2.45) is 0 Å². The first-order chi connectivity index (χ1) is 13.2. The molecule has 0 bridgehead atoms. The minimum Gasteiger partial charge on any atom is -0.461 e. The number of nitrogens with two attached hydrogens (primary N) is 1. The smallest absolute Gasteiger partial charge is 0.225 e. The number of fused-ring (bicyclic) bond motifs is 3. The molecule has 1 aliphatic rings. The Morgan fingerprint density at radius 3 is 2.74 bits per heavy atom. The second kappa shape index (κ2) is 6.32. The summed E-state index contributed by atoms with van der Waals surface area (Å²) in [6.45, 7) is 6.04. The Hall–Kier alpha value is -2.98. The average Bonchev–Trinajstić information content (AvgIpc) is 3.40. The Morgan fingerprint density at radius 2 is 1.96 bits per heavy atom. The summed E-state index contributed by atoms with van der Waals surface area (Å²) in [6, 6.07) is 3.61. The number of anilines is 1. The van der Waals surface area contributed by atoms with E-state index in [0.29, 0.717) is 17.2 Å². The van der Waals surface area contributed by atoms with Crippen molar-refractivity contribution in [3.05, 3.63) is 24.6 Å². The molecule has 27 heavy (non-hydrogen) atoms. The SMILES string of the molecule is CN1CCN(CCn2ncc3c2nc(N)n2nc(-c4ccco4)nc32)CC1. The van der Waals surface area contributed by atoms with Crippen LogP contribution in [0.25, 0.3) is 28.3 Å². The van der Waals surface area contributed by atoms with Gasteiger partial charge < -0.3 is 15.1 Å². The predicted octanol–water partition coefficient (Wildman–Crippen LogP) is 0.564. The standard InChI is InChI=1S/C17H21N9O/c1-23-4-6-24(7-5-23)8-9-25-15-12(11-19-25)16-20-14(13-3-2-10-27-13)22-26(16)17(18)21-15/h2-3,10-11H,4-9H2,1H3,(H2,18,21). The van der Waals surface area contributed by atoms with Gasteiger partial charge in [0.25, 0.3) is 0 Å². The highest BCUT2D eigenvalue weighted by Gasteiger charge is 2.18. The van der Waals surface area contributed by atoms with E-state index in [1.165, 1.54) is 4.52 Å². The maximum Gasteiger partial charge on any atom is 0.225 e. The van der Waals surface area contributed by atoms with Crippen LogP contribution in [-0.4, -0.2) is 78.9 Å². The molecule has 0 atom stereocenters. The minimum atomic E-state index is 0.282. The van der Waals surface area contributed by atoms with Crippen LogP contribution in [0.4, 0.5) is 5.95 Å². The lowest BCUT2D eigenvalue weighted by Crippen LogP contribution is -2.45. The number of piperazine rings is 1. The molecule has 10 heteroatoms. The van der Waals surface area contributed by atoms with Crippen molar-refractivity contribution in [1.82, 2.24) is 39.2 Å². The second-order valence-electron chi connectivity index (χ2n) is 6.87. The van der Waals surface area contributed by atoms with E-state index < -0.39 is 0 Å². The van der Waals surface area contributed by atoms with Crippen molar-refractivity contribution in [2.75, 3.05) is 45.5 Å². The summed E-state index contributed by atoms with van der Waals surface area (Å²) in [7, 11) is 2.16. The molecule has 1 aliphatic heterocycles. The van der Waals surface area contributed by atoms with Crippen molar-refractivity contribution >= 4 is 22.6 Å². The van der Waals surface area contributed by atoms with Crippen LogP contribution in [0, 0.1) is 0 Å². The summed E-state index contributed by atoms with van der Waals surface area (Å²) in [6.07, 6.45) is 3.37. The van der Waals surface area contributed by atoms with Gasteiger partial charge in [0.1, 0.15) is 0 Å². The van der Waals surface area contributed by atoms with E-state index in [4.69, 9.17) is 10.2 Å². The van der Waals surface area contributed by atoms with E-state index in [0.717, 1.165) is 50.3 Å². The first kappa shape index (κ1) is 16.2. The fraction of sp³-hybridized carbons (Fsp3) is 0.412. The van der Waals surface area contributed by atoms with Crippen LogP contribution < -0.4 is 5.73 Å². The molecule has 4 aromatic rings. The normalized spacial score (nSPS) is 16.6. The number of hydrogen-bond donors (Lipinski definition) is 1. The molecule has 0 unspecified atom stereocenters. The number of hydrogen-bond acceptors (Lipinski definition) is 8. The average molecular weight is 367 g/mol. The van der Waals surface area contributed by atoms with Crippen LogP contribution in [0.5, 0.6) is 0 Å². The van der Waals surface area contributed by atoms with Crippen molar-refractivity contribution < 1.29 is 4.42 Å². The Labute approximate surface area is 155 Å². The zero-order valence-corrected chi connectivity index (χ0v) is 15.1. The molecule has 10 nitrogen and oxygen atoms in total. The zero-order chi connectivity index (χ0) is 18.4. The highest BCUT2D eigenvalue weighted by atomic mass is 16.3. The summed E-state index contributed by atoms with van der Waals surface area (Å²) < 4.78 is 8.82. The van der Waals surface area contributed by atoms with E-state index in [1.807, 2.05) is 10.7 Å². The zero-order valence-electron chi connectivity index (χ0n) is 15.1.